The molecule has 0 fully saturated rings. The van der Waals surface area contributed by atoms with Crippen LogP contribution in [-0.4, -0.2) is 26.5 Å². The maximum atomic E-state index is 12.6. The van der Waals surface area contributed by atoms with Gasteiger partial charge in [0, 0.05) is 5.56 Å². The van der Waals surface area contributed by atoms with Crippen LogP contribution < -0.4 is 5.32 Å². The lowest BCUT2D eigenvalue weighted by molar-refractivity contribution is -0.137. The Bertz CT molecular complexity index is 648. The molecule has 23 heavy (non-hydrogen) atoms. The number of aromatic amines is 1. The summed E-state index contributed by atoms with van der Waals surface area (Å²) in [6.45, 7) is 3.71. The van der Waals surface area contributed by atoms with Crippen LogP contribution in [0.5, 0.6) is 0 Å². The minimum Gasteiger partial charge on any atom is -0.339 e. The number of tetrazole rings is 1. The summed E-state index contributed by atoms with van der Waals surface area (Å²) >= 11 is 0. The van der Waals surface area contributed by atoms with Crippen molar-refractivity contribution in [1.29, 1.82) is 0 Å². The third-order valence-corrected chi connectivity index (χ3v) is 3.81. The normalized spacial score (nSPS) is 12.2. The highest BCUT2D eigenvalue weighted by atomic mass is 19.4. The fourth-order valence-corrected chi connectivity index (χ4v) is 2.26. The zero-order valence-corrected chi connectivity index (χ0v) is 12.6. The Morgan fingerprint density at radius 1 is 1.17 bits per heavy atom. The molecule has 1 aromatic heterocycles. The maximum Gasteiger partial charge on any atom is 0.416 e. The number of aromatic nitrogens is 4. The van der Waals surface area contributed by atoms with Crippen molar-refractivity contribution in [2.24, 2.45) is 0 Å². The van der Waals surface area contributed by atoms with Gasteiger partial charge in [-0.05, 0) is 37.1 Å². The molecular weight excluding hydrogens is 311 g/mol. The fourth-order valence-electron chi connectivity index (χ4n) is 2.26. The summed E-state index contributed by atoms with van der Waals surface area (Å²) in [6.07, 6.45) is -3.42. The van der Waals surface area contributed by atoms with Gasteiger partial charge >= 0.3 is 6.18 Å². The van der Waals surface area contributed by atoms with Gasteiger partial charge in [0.15, 0.2) is 5.82 Å². The van der Waals surface area contributed by atoms with E-state index in [9.17, 15) is 18.0 Å². The Labute approximate surface area is 130 Å². The van der Waals surface area contributed by atoms with E-state index in [4.69, 9.17) is 0 Å². The van der Waals surface area contributed by atoms with Crippen LogP contribution in [0, 0.1) is 0 Å². The van der Waals surface area contributed by atoms with Crippen LogP contribution in [0.2, 0.25) is 0 Å². The molecule has 2 rings (SSSR count). The molecule has 2 aromatic rings. The van der Waals surface area contributed by atoms with Gasteiger partial charge in [0.25, 0.3) is 5.91 Å². The lowest BCUT2D eigenvalue weighted by atomic mass is 9.91. The molecule has 1 heterocycles. The van der Waals surface area contributed by atoms with Crippen LogP contribution in [0.15, 0.2) is 24.3 Å². The largest absolute Gasteiger partial charge is 0.416 e. The number of nitrogens with zero attached hydrogens (tertiary/aromatic N) is 3. The second kappa shape index (κ2) is 6.35. The highest BCUT2D eigenvalue weighted by molar-refractivity contribution is 5.94. The molecule has 0 aliphatic carbocycles. The van der Waals surface area contributed by atoms with Gasteiger partial charge < -0.3 is 5.32 Å². The molecule has 0 bridgehead atoms. The SMILES string of the molecule is CCC(CC)(NC(=O)c1ccc(C(F)(F)F)cc1)c1nn[nH]n1. The van der Waals surface area contributed by atoms with E-state index in [1.54, 1.807) is 0 Å². The number of halogens is 3. The van der Waals surface area contributed by atoms with E-state index in [0.29, 0.717) is 18.7 Å². The van der Waals surface area contributed by atoms with Crippen LogP contribution in [0.3, 0.4) is 0 Å². The zero-order chi connectivity index (χ0) is 17.1. The standard InChI is InChI=1S/C14H16F3N5O/c1-3-13(4-2,12-19-21-22-20-12)18-11(23)9-5-7-10(8-6-9)14(15,16)17/h5-8H,3-4H2,1-2H3,(H,18,23)(H,19,20,21,22). The molecule has 1 amide bonds. The number of benzene rings is 1. The Morgan fingerprint density at radius 2 is 1.78 bits per heavy atom. The molecule has 1 aromatic carbocycles. The van der Waals surface area contributed by atoms with Crippen molar-refractivity contribution in [3.63, 3.8) is 0 Å². The topological polar surface area (TPSA) is 83.6 Å². The van der Waals surface area contributed by atoms with Crippen LogP contribution in [-0.2, 0) is 11.7 Å². The summed E-state index contributed by atoms with van der Waals surface area (Å²) < 4.78 is 37.7. The second-order valence-corrected chi connectivity index (χ2v) is 5.05. The van der Waals surface area contributed by atoms with Crippen molar-refractivity contribution in [2.75, 3.05) is 0 Å². The third-order valence-electron chi connectivity index (χ3n) is 3.81. The first-order valence-electron chi connectivity index (χ1n) is 7.06. The Morgan fingerprint density at radius 3 is 2.22 bits per heavy atom. The van der Waals surface area contributed by atoms with E-state index in [0.717, 1.165) is 24.3 Å². The van der Waals surface area contributed by atoms with E-state index in [1.807, 2.05) is 13.8 Å². The smallest absolute Gasteiger partial charge is 0.339 e. The first-order chi connectivity index (χ1) is 10.8. The number of H-pyrrole nitrogens is 1. The summed E-state index contributed by atoms with van der Waals surface area (Å²) in [4.78, 5) is 12.4. The molecular formula is C14H16F3N5O. The van der Waals surface area contributed by atoms with Crippen molar-refractivity contribution < 1.29 is 18.0 Å². The third kappa shape index (κ3) is 3.49. The maximum absolute atomic E-state index is 12.6. The van der Waals surface area contributed by atoms with Gasteiger partial charge in [-0.15, -0.1) is 10.2 Å². The van der Waals surface area contributed by atoms with Crippen LogP contribution in [0.4, 0.5) is 13.2 Å². The van der Waals surface area contributed by atoms with E-state index in [1.165, 1.54) is 0 Å². The summed E-state index contributed by atoms with van der Waals surface area (Å²) in [5.74, 6) is -0.157. The summed E-state index contributed by atoms with van der Waals surface area (Å²) in [5.41, 5.74) is -1.50. The van der Waals surface area contributed by atoms with Crippen molar-refractivity contribution in [2.45, 2.75) is 38.4 Å². The van der Waals surface area contributed by atoms with Gasteiger partial charge in [-0.2, -0.15) is 18.4 Å². The molecule has 0 atom stereocenters. The second-order valence-electron chi connectivity index (χ2n) is 5.05. The lowest BCUT2D eigenvalue weighted by Gasteiger charge is -2.29. The van der Waals surface area contributed by atoms with Crippen LogP contribution in [0.1, 0.15) is 48.4 Å². The molecule has 0 spiro atoms. The van der Waals surface area contributed by atoms with Crippen molar-refractivity contribution in [1.82, 2.24) is 25.9 Å². The van der Waals surface area contributed by atoms with E-state index >= 15 is 0 Å². The minimum absolute atomic E-state index is 0.132. The monoisotopic (exact) mass is 327 g/mol. The molecule has 0 saturated heterocycles. The molecule has 2 N–H and O–H groups in total. The number of amides is 1. The van der Waals surface area contributed by atoms with E-state index in [2.05, 4.69) is 25.9 Å². The molecule has 0 unspecified atom stereocenters. The quantitative estimate of drug-likeness (QED) is 0.884. The summed E-state index contributed by atoms with van der Waals surface area (Å²) in [5, 5.41) is 16.5. The van der Waals surface area contributed by atoms with E-state index in [-0.39, 0.29) is 5.56 Å². The summed E-state index contributed by atoms with van der Waals surface area (Å²) in [7, 11) is 0. The highest BCUT2D eigenvalue weighted by Gasteiger charge is 2.35. The Kier molecular flexibility index (Phi) is 4.67. The number of hydrogen-bond acceptors (Lipinski definition) is 4. The average molecular weight is 327 g/mol. The summed E-state index contributed by atoms with van der Waals surface area (Å²) in [6, 6.07) is 4.04. The molecule has 0 saturated carbocycles. The van der Waals surface area contributed by atoms with Gasteiger partial charge in [-0.25, -0.2) is 0 Å². The first kappa shape index (κ1) is 16.9. The number of hydrogen-bond donors (Lipinski definition) is 2. The molecule has 0 aliphatic heterocycles. The van der Waals surface area contributed by atoms with Crippen molar-refractivity contribution in [3.05, 3.63) is 41.2 Å². The predicted octanol–water partition coefficient (Wildman–Crippen LogP) is 2.66. The average Bonchev–Trinajstić information content (AvgIpc) is 3.07. The lowest BCUT2D eigenvalue weighted by Crippen LogP contribution is -2.46. The first-order valence-corrected chi connectivity index (χ1v) is 7.06. The highest BCUT2D eigenvalue weighted by Crippen LogP contribution is 2.29. The van der Waals surface area contributed by atoms with Gasteiger partial charge in [-0.3, -0.25) is 4.79 Å². The number of carbonyl (C=O) groups is 1. The zero-order valence-electron chi connectivity index (χ0n) is 12.6. The molecule has 0 radical (unpaired) electrons. The van der Waals surface area contributed by atoms with Gasteiger partial charge in [0.05, 0.1) is 5.56 Å². The van der Waals surface area contributed by atoms with Crippen molar-refractivity contribution >= 4 is 5.91 Å². The molecule has 6 nitrogen and oxygen atoms in total. The number of alkyl halides is 3. The molecule has 9 heteroatoms. The number of rotatable bonds is 5. The van der Waals surface area contributed by atoms with E-state index < -0.39 is 23.2 Å². The van der Waals surface area contributed by atoms with Crippen LogP contribution in [0.25, 0.3) is 0 Å². The Balaban J connectivity index is 2.23. The van der Waals surface area contributed by atoms with Crippen molar-refractivity contribution in [3.8, 4) is 0 Å². The molecule has 124 valence electrons. The predicted molar refractivity (Wildman–Crippen MR) is 75.3 cm³/mol. The number of nitrogens with one attached hydrogen (secondary N) is 2. The fraction of sp³-hybridized carbons (Fsp3) is 0.429. The number of carbonyl (C=O) groups excluding carboxylic acids is 1. The Hall–Kier alpha value is -2.45. The molecule has 0 aliphatic rings. The minimum atomic E-state index is -4.43. The van der Waals surface area contributed by atoms with Gasteiger partial charge in [-0.1, -0.05) is 19.1 Å². The van der Waals surface area contributed by atoms with Crippen LogP contribution >= 0.6 is 0 Å². The van der Waals surface area contributed by atoms with Gasteiger partial charge in [0.2, 0.25) is 0 Å². The van der Waals surface area contributed by atoms with Gasteiger partial charge in [0.1, 0.15) is 5.54 Å².